The highest BCUT2D eigenvalue weighted by Crippen LogP contribution is 2.13. The van der Waals surface area contributed by atoms with Crippen LogP contribution in [0.4, 0.5) is 0 Å². The zero-order chi connectivity index (χ0) is 19.2. The van der Waals surface area contributed by atoms with Gasteiger partial charge in [-0.15, -0.1) is 0 Å². The van der Waals surface area contributed by atoms with Crippen LogP contribution >= 0.6 is 0 Å². The summed E-state index contributed by atoms with van der Waals surface area (Å²) < 4.78 is 24.5. The number of aryl methyl sites for hydroxylation is 2. The molecule has 0 aliphatic carbocycles. The zero-order valence-electron chi connectivity index (χ0n) is 14.8. The lowest BCUT2D eigenvalue weighted by molar-refractivity contribution is -0.121. The molecule has 0 radical (unpaired) electrons. The molecule has 0 spiro atoms. The van der Waals surface area contributed by atoms with E-state index in [2.05, 4.69) is 11.9 Å². The zero-order valence-corrected chi connectivity index (χ0v) is 15.6. The van der Waals surface area contributed by atoms with Gasteiger partial charge in [0.2, 0.25) is 15.9 Å². The van der Waals surface area contributed by atoms with Crippen molar-refractivity contribution < 1.29 is 23.3 Å². The predicted octanol–water partition coefficient (Wildman–Crippen LogP) is 0.138. The van der Waals surface area contributed by atoms with Crippen molar-refractivity contribution in [3.05, 3.63) is 46.9 Å². The van der Waals surface area contributed by atoms with E-state index in [1.165, 1.54) is 0 Å². The minimum Gasteiger partial charge on any atom is -0.426 e. The van der Waals surface area contributed by atoms with E-state index in [0.717, 1.165) is 26.4 Å². The Kier molecular flexibility index (Phi) is 7.81. The Morgan fingerprint density at radius 1 is 1.40 bits per heavy atom. The predicted molar refractivity (Wildman–Crippen MR) is 98.1 cm³/mol. The van der Waals surface area contributed by atoms with Crippen LogP contribution in [0.5, 0.6) is 0 Å². The van der Waals surface area contributed by atoms with Crippen LogP contribution in [0.3, 0.4) is 0 Å². The summed E-state index contributed by atoms with van der Waals surface area (Å²) in [5.41, 5.74) is 2.93. The molecular weight excluding hydrogens is 343 g/mol. The molecule has 1 atom stereocenters. The fourth-order valence-corrected chi connectivity index (χ4v) is 3.31. The first kappa shape index (κ1) is 21.4. The van der Waals surface area contributed by atoms with Gasteiger partial charge in [0, 0.05) is 12.0 Å². The monoisotopic (exact) mass is 368 g/mol. The lowest BCUT2D eigenvalue weighted by atomic mass is 9.75. The maximum atomic E-state index is 12.1. The van der Waals surface area contributed by atoms with Crippen molar-refractivity contribution in [2.75, 3.05) is 13.1 Å². The van der Waals surface area contributed by atoms with Crippen LogP contribution in [-0.4, -0.2) is 54.8 Å². The van der Waals surface area contributed by atoms with E-state index in [9.17, 15) is 23.3 Å². The van der Waals surface area contributed by atoms with Crippen molar-refractivity contribution in [2.45, 2.75) is 33.1 Å². The summed E-state index contributed by atoms with van der Waals surface area (Å²) in [6.07, 6.45) is 0.218. The first-order valence-corrected chi connectivity index (χ1v) is 9.45. The number of benzene rings is 1. The number of carbonyl (C=O) groups is 1. The third-order valence-corrected chi connectivity index (χ3v) is 5.42. The third kappa shape index (κ3) is 6.28. The average Bonchev–Trinajstić information content (AvgIpc) is 2.53. The van der Waals surface area contributed by atoms with Crippen LogP contribution in [0.15, 0.2) is 30.2 Å². The van der Waals surface area contributed by atoms with Crippen molar-refractivity contribution in [1.29, 1.82) is 0 Å². The molecule has 0 fully saturated rings. The molecule has 25 heavy (non-hydrogen) atoms. The van der Waals surface area contributed by atoms with Crippen LogP contribution in [0.25, 0.3) is 0 Å². The van der Waals surface area contributed by atoms with Gasteiger partial charge in [0.1, 0.15) is 0 Å². The second-order valence-corrected chi connectivity index (χ2v) is 7.74. The third-order valence-electron chi connectivity index (χ3n) is 3.89. The van der Waals surface area contributed by atoms with Gasteiger partial charge in [-0.3, -0.25) is 4.79 Å². The highest BCUT2D eigenvalue weighted by Gasteiger charge is 2.28. The number of rotatable bonds is 9. The van der Waals surface area contributed by atoms with E-state index in [1.807, 2.05) is 32.0 Å². The van der Waals surface area contributed by atoms with Gasteiger partial charge in [-0.25, -0.2) is 8.42 Å². The molecule has 0 saturated carbocycles. The quantitative estimate of drug-likeness (QED) is 0.538. The van der Waals surface area contributed by atoms with E-state index in [1.54, 1.807) is 6.92 Å². The maximum absolute atomic E-state index is 12.1. The highest BCUT2D eigenvalue weighted by atomic mass is 32.2. The average molecular weight is 368 g/mol. The molecule has 0 saturated heterocycles. The van der Waals surface area contributed by atoms with Gasteiger partial charge in [0.15, 0.2) is 0 Å². The standard InChI is InChI=1S/C16H25BN2O5S/c1-5-19(25(23,24)6-2)11-16(20)18-15(17(21)22)10-14-8-7-12(3)9-13(14)4/h6-9,15,21-22H,2,5,10-11H2,1,3-4H3,(H,18,20). The SMILES string of the molecule is C=CS(=O)(=O)N(CC)CC(=O)NC(Cc1ccc(C)cc1C)B(O)O. The minimum atomic E-state index is -3.72. The largest absolute Gasteiger partial charge is 0.475 e. The fraction of sp³-hybridized carbons (Fsp3) is 0.438. The van der Waals surface area contributed by atoms with Crippen LogP contribution < -0.4 is 5.32 Å². The van der Waals surface area contributed by atoms with Gasteiger partial charge in [-0.2, -0.15) is 4.31 Å². The number of hydrogen-bond acceptors (Lipinski definition) is 5. The van der Waals surface area contributed by atoms with Gasteiger partial charge in [-0.1, -0.05) is 37.3 Å². The Labute approximate surface area is 149 Å². The Hall–Kier alpha value is -1.68. The Morgan fingerprint density at radius 3 is 2.52 bits per heavy atom. The lowest BCUT2D eigenvalue weighted by Crippen LogP contribution is -2.51. The van der Waals surface area contributed by atoms with E-state index in [0.29, 0.717) is 0 Å². The summed E-state index contributed by atoms with van der Waals surface area (Å²) in [6, 6.07) is 5.74. The molecule has 0 heterocycles. The summed E-state index contributed by atoms with van der Waals surface area (Å²) in [7, 11) is -5.49. The van der Waals surface area contributed by atoms with Crippen molar-refractivity contribution >= 4 is 23.0 Å². The second kappa shape index (κ2) is 9.14. The van der Waals surface area contributed by atoms with E-state index in [4.69, 9.17) is 0 Å². The number of likely N-dealkylation sites (N-methyl/N-ethyl adjacent to an activating group) is 1. The first-order chi connectivity index (χ1) is 11.6. The van der Waals surface area contributed by atoms with E-state index >= 15 is 0 Å². The van der Waals surface area contributed by atoms with Gasteiger partial charge >= 0.3 is 7.12 Å². The van der Waals surface area contributed by atoms with Crippen molar-refractivity contribution in [2.24, 2.45) is 0 Å². The molecule has 0 aromatic heterocycles. The number of nitrogens with one attached hydrogen (secondary N) is 1. The molecule has 1 unspecified atom stereocenters. The number of hydrogen-bond donors (Lipinski definition) is 3. The van der Waals surface area contributed by atoms with Gasteiger partial charge in [0.05, 0.1) is 12.5 Å². The normalized spacial score (nSPS) is 12.7. The summed E-state index contributed by atoms with van der Waals surface area (Å²) in [6.45, 7) is 8.37. The molecule has 0 bridgehead atoms. The number of carbonyl (C=O) groups excluding carboxylic acids is 1. The number of sulfonamides is 1. The molecular formula is C16H25BN2O5S. The first-order valence-electron chi connectivity index (χ1n) is 7.95. The van der Waals surface area contributed by atoms with Crippen LogP contribution in [0, 0.1) is 13.8 Å². The summed E-state index contributed by atoms with van der Waals surface area (Å²) in [5, 5.41) is 22.4. The minimum absolute atomic E-state index is 0.102. The Morgan fingerprint density at radius 2 is 2.04 bits per heavy atom. The molecule has 1 aromatic rings. The second-order valence-electron chi connectivity index (χ2n) is 5.86. The fourth-order valence-electron chi connectivity index (χ4n) is 2.44. The number of amides is 1. The molecule has 1 aromatic carbocycles. The molecule has 1 rings (SSSR count). The molecule has 0 aliphatic heterocycles. The number of nitrogens with zero attached hydrogens (tertiary/aromatic N) is 1. The molecule has 9 heteroatoms. The van der Waals surface area contributed by atoms with Crippen molar-refractivity contribution in [1.82, 2.24) is 9.62 Å². The van der Waals surface area contributed by atoms with E-state index in [-0.39, 0.29) is 13.0 Å². The van der Waals surface area contributed by atoms with Crippen molar-refractivity contribution in [3.63, 3.8) is 0 Å². The van der Waals surface area contributed by atoms with Crippen LogP contribution in [0.2, 0.25) is 0 Å². The van der Waals surface area contributed by atoms with Gasteiger partial charge in [0.25, 0.3) is 0 Å². The van der Waals surface area contributed by atoms with Gasteiger partial charge < -0.3 is 15.4 Å². The van der Waals surface area contributed by atoms with Crippen LogP contribution in [-0.2, 0) is 21.2 Å². The topological polar surface area (TPSA) is 107 Å². The molecule has 0 aliphatic rings. The highest BCUT2D eigenvalue weighted by molar-refractivity contribution is 7.92. The molecule has 1 amide bonds. The maximum Gasteiger partial charge on any atom is 0.475 e. The summed E-state index contributed by atoms with van der Waals surface area (Å²) >= 11 is 0. The Balaban J connectivity index is 2.84. The Bertz CT molecular complexity index is 721. The molecule has 3 N–H and O–H groups in total. The summed E-state index contributed by atoms with van der Waals surface area (Å²) in [5.74, 6) is -1.56. The smallest absolute Gasteiger partial charge is 0.426 e. The summed E-state index contributed by atoms with van der Waals surface area (Å²) in [4.78, 5) is 12.1. The van der Waals surface area contributed by atoms with Crippen LogP contribution in [0.1, 0.15) is 23.6 Å². The molecule has 7 nitrogen and oxygen atoms in total. The van der Waals surface area contributed by atoms with Crippen molar-refractivity contribution in [3.8, 4) is 0 Å². The van der Waals surface area contributed by atoms with E-state index < -0.39 is 35.5 Å². The van der Waals surface area contributed by atoms with Gasteiger partial charge in [-0.05, 0) is 31.4 Å². The lowest BCUT2D eigenvalue weighted by Gasteiger charge is -2.22. The molecule has 138 valence electrons.